The van der Waals surface area contributed by atoms with Crippen molar-refractivity contribution in [2.24, 2.45) is 5.73 Å². The highest BCUT2D eigenvalue weighted by atomic mass is 16.3. The van der Waals surface area contributed by atoms with Crippen LogP contribution in [0.5, 0.6) is 0 Å². The first-order chi connectivity index (χ1) is 9.09. The molecule has 2 aromatic rings. The Bertz CT molecular complexity index is 554. The highest BCUT2D eigenvalue weighted by molar-refractivity contribution is 5.74. The number of nitrogens with two attached hydrogens (primary N) is 1. The Morgan fingerprint density at radius 3 is 2.68 bits per heavy atom. The zero-order valence-electron chi connectivity index (χ0n) is 10.2. The summed E-state index contributed by atoms with van der Waals surface area (Å²) in [6, 6.07) is 8.79. The zero-order valence-corrected chi connectivity index (χ0v) is 10.2. The average Bonchev–Trinajstić information content (AvgIpc) is 2.91. The predicted molar refractivity (Wildman–Crippen MR) is 68.8 cm³/mol. The summed E-state index contributed by atoms with van der Waals surface area (Å²) in [5.74, 6) is -0.662. The van der Waals surface area contributed by atoms with Crippen LogP contribution < -0.4 is 5.73 Å². The molecule has 0 fully saturated rings. The molecule has 0 spiro atoms. The molecule has 2 rings (SSSR count). The molecule has 6 heteroatoms. The number of hydrogen-bond donors (Lipinski definition) is 4. The first-order valence-corrected chi connectivity index (χ1v) is 5.82. The standard InChI is InChI=1S/C13H15N3O3/c14-12(18)7-11(17)13(19)9-4-2-1-3-8(9)10-5-6-15-16-10/h1-6,11,13,17,19H,7H2,(H2,14,18)(H,15,16). The minimum atomic E-state index is -1.23. The van der Waals surface area contributed by atoms with Gasteiger partial charge in [0.2, 0.25) is 5.91 Å². The Morgan fingerprint density at radius 2 is 2.05 bits per heavy atom. The summed E-state index contributed by atoms with van der Waals surface area (Å²) >= 11 is 0. The number of nitrogens with one attached hydrogen (secondary N) is 1. The second-order valence-electron chi connectivity index (χ2n) is 4.24. The quantitative estimate of drug-likeness (QED) is 0.622. The van der Waals surface area contributed by atoms with Gasteiger partial charge >= 0.3 is 0 Å². The van der Waals surface area contributed by atoms with E-state index in [1.807, 2.05) is 6.07 Å². The van der Waals surface area contributed by atoms with Gasteiger partial charge in [-0.3, -0.25) is 9.89 Å². The van der Waals surface area contributed by atoms with Gasteiger partial charge in [-0.15, -0.1) is 0 Å². The Hall–Kier alpha value is -2.18. The lowest BCUT2D eigenvalue weighted by Crippen LogP contribution is -2.26. The number of nitrogens with zero attached hydrogens (tertiary/aromatic N) is 1. The SMILES string of the molecule is NC(=O)CC(O)C(O)c1ccccc1-c1ccn[nH]1. The third-order valence-corrected chi connectivity index (χ3v) is 2.85. The van der Waals surface area contributed by atoms with Crippen LogP contribution >= 0.6 is 0 Å². The van der Waals surface area contributed by atoms with Crippen LogP contribution in [0.25, 0.3) is 11.3 Å². The molecule has 0 bridgehead atoms. The number of aromatic nitrogens is 2. The third-order valence-electron chi connectivity index (χ3n) is 2.85. The van der Waals surface area contributed by atoms with Gasteiger partial charge in [-0.25, -0.2) is 0 Å². The van der Waals surface area contributed by atoms with Gasteiger partial charge in [-0.05, 0) is 11.6 Å². The predicted octanol–water partition coefficient (Wildman–Crippen LogP) is 0.346. The molecule has 0 aliphatic heterocycles. The van der Waals surface area contributed by atoms with E-state index in [9.17, 15) is 15.0 Å². The highest BCUT2D eigenvalue weighted by Gasteiger charge is 2.23. The van der Waals surface area contributed by atoms with E-state index in [1.165, 1.54) is 0 Å². The van der Waals surface area contributed by atoms with Crippen molar-refractivity contribution in [1.82, 2.24) is 10.2 Å². The molecule has 1 heterocycles. The van der Waals surface area contributed by atoms with Crippen molar-refractivity contribution in [3.8, 4) is 11.3 Å². The molecule has 19 heavy (non-hydrogen) atoms. The van der Waals surface area contributed by atoms with Crippen LogP contribution in [0.1, 0.15) is 18.1 Å². The number of benzene rings is 1. The lowest BCUT2D eigenvalue weighted by Gasteiger charge is -2.19. The number of amides is 1. The Kier molecular flexibility index (Phi) is 3.94. The lowest BCUT2D eigenvalue weighted by atomic mass is 9.95. The second-order valence-corrected chi connectivity index (χ2v) is 4.24. The van der Waals surface area contributed by atoms with Gasteiger partial charge in [0.05, 0.1) is 18.2 Å². The molecule has 1 aromatic carbocycles. The normalized spacial score (nSPS) is 14.0. The number of primary amides is 1. The molecule has 0 radical (unpaired) electrons. The summed E-state index contributed by atoms with van der Waals surface area (Å²) in [7, 11) is 0. The maximum absolute atomic E-state index is 10.8. The Balaban J connectivity index is 2.32. The van der Waals surface area contributed by atoms with Gasteiger partial charge in [-0.2, -0.15) is 5.10 Å². The van der Waals surface area contributed by atoms with Crippen molar-refractivity contribution in [1.29, 1.82) is 0 Å². The maximum atomic E-state index is 10.8. The molecule has 1 aromatic heterocycles. The van der Waals surface area contributed by atoms with E-state index in [1.54, 1.807) is 30.5 Å². The van der Waals surface area contributed by atoms with Crippen LogP contribution in [0.2, 0.25) is 0 Å². The average molecular weight is 261 g/mol. The molecular weight excluding hydrogens is 246 g/mol. The molecule has 6 nitrogen and oxygen atoms in total. The Labute approximate surface area is 109 Å². The molecule has 2 atom stereocenters. The molecule has 5 N–H and O–H groups in total. The maximum Gasteiger partial charge on any atom is 0.220 e. The number of aliphatic hydroxyl groups excluding tert-OH is 2. The first-order valence-electron chi connectivity index (χ1n) is 5.82. The molecule has 1 amide bonds. The van der Waals surface area contributed by atoms with E-state index in [2.05, 4.69) is 10.2 Å². The third kappa shape index (κ3) is 2.98. The van der Waals surface area contributed by atoms with Gasteiger partial charge in [0.25, 0.3) is 0 Å². The minimum absolute atomic E-state index is 0.293. The monoisotopic (exact) mass is 261 g/mol. The zero-order chi connectivity index (χ0) is 13.8. The molecule has 0 saturated carbocycles. The van der Waals surface area contributed by atoms with Gasteiger partial charge in [0.1, 0.15) is 6.10 Å². The fourth-order valence-electron chi connectivity index (χ4n) is 1.93. The fraction of sp³-hybridized carbons (Fsp3) is 0.231. The molecule has 0 aliphatic carbocycles. The number of aliphatic hydroxyl groups is 2. The van der Waals surface area contributed by atoms with Crippen LogP contribution in [-0.2, 0) is 4.79 Å². The Morgan fingerprint density at radius 1 is 1.32 bits per heavy atom. The van der Waals surface area contributed by atoms with Crippen LogP contribution in [0, 0.1) is 0 Å². The fourth-order valence-corrected chi connectivity index (χ4v) is 1.93. The van der Waals surface area contributed by atoms with Crippen molar-refractivity contribution in [3.05, 3.63) is 42.1 Å². The van der Waals surface area contributed by atoms with E-state index < -0.39 is 18.1 Å². The lowest BCUT2D eigenvalue weighted by molar-refractivity contribution is -0.121. The van der Waals surface area contributed by atoms with E-state index in [0.29, 0.717) is 5.56 Å². The van der Waals surface area contributed by atoms with E-state index in [-0.39, 0.29) is 6.42 Å². The van der Waals surface area contributed by atoms with Gasteiger partial charge in [0, 0.05) is 11.8 Å². The molecule has 0 saturated heterocycles. The van der Waals surface area contributed by atoms with Crippen LogP contribution in [0.15, 0.2) is 36.5 Å². The van der Waals surface area contributed by atoms with E-state index >= 15 is 0 Å². The van der Waals surface area contributed by atoms with Gasteiger partial charge in [-0.1, -0.05) is 24.3 Å². The summed E-state index contributed by atoms with van der Waals surface area (Å²) < 4.78 is 0. The van der Waals surface area contributed by atoms with E-state index in [0.717, 1.165) is 11.3 Å². The van der Waals surface area contributed by atoms with Gasteiger partial charge in [0.15, 0.2) is 0 Å². The van der Waals surface area contributed by atoms with Gasteiger partial charge < -0.3 is 15.9 Å². The van der Waals surface area contributed by atoms with Crippen LogP contribution in [0.3, 0.4) is 0 Å². The summed E-state index contributed by atoms with van der Waals surface area (Å²) in [5, 5.41) is 26.6. The number of carbonyl (C=O) groups excluding carboxylic acids is 1. The summed E-state index contributed by atoms with van der Waals surface area (Å²) in [6.45, 7) is 0. The molecule has 2 unspecified atom stereocenters. The smallest absolute Gasteiger partial charge is 0.220 e. The number of rotatable bonds is 5. The number of carbonyl (C=O) groups is 1. The van der Waals surface area contributed by atoms with Crippen molar-refractivity contribution in [2.45, 2.75) is 18.6 Å². The topological polar surface area (TPSA) is 112 Å². The summed E-state index contributed by atoms with van der Waals surface area (Å²) in [5.41, 5.74) is 6.97. The molecular formula is C13H15N3O3. The van der Waals surface area contributed by atoms with Crippen molar-refractivity contribution >= 4 is 5.91 Å². The number of H-pyrrole nitrogens is 1. The molecule has 0 aliphatic rings. The molecule has 100 valence electrons. The second kappa shape index (κ2) is 5.64. The summed E-state index contributed by atoms with van der Waals surface area (Å²) in [6.07, 6.45) is -1.12. The van der Waals surface area contributed by atoms with Crippen molar-refractivity contribution in [2.75, 3.05) is 0 Å². The summed E-state index contributed by atoms with van der Waals surface area (Å²) in [4.78, 5) is 10.8. The van der Waals surface area contributed by atoms with E-state index in [4.69, 9.17) is 5.73 Å². The van der Waals surface area contributed by atoms with Crippen LogP contribution in [-0.4, -0.2) is 32.4 Å². The number of hydrogen-bond acceptors (Lipinski definition) is 4. The highest BCUT2D eigenvalue weighted by Crippen LogP contribution is 2.29. The first kappa shape index (κ1) is 13.3. The largest absolute Gasteiger partial charge is 0.390 e. The van der Waals surface area contributed by atoms with Crippen LogP contribution in [0.4, 0.5) is 0 Å². The number of aromatic amines is 1. The minimum Gasteiger partial charge on any atom is -0.390 e. The van der Waals surface area contributed by atoms with Crippen molar-refractivity contribution < 1.29 is 15.0 Å². The van der Waals surface area contributed by atoms with Crippen molar-refractivity contribution in [3.63, 3.8) is 0 Å².